The van der Waals surface area contributed by atoms with Gasteiger partial charge in [0.15, 0.2) is 5.11 Å². The van der Waals surface area contributed by atoms with Gasteiger partial charge in [-0.15, -0.1) is 0 Å². The molecule has 1 aromatic heterocycles. The van der Waals surface area contributed by atoms with Crippen LogP contribution in [0.5, 0.6) is 0 Å². The van der Waals surface area contributed by atoms with Crippen molar-refractivity contribution in [3.05, 3.63) is 18.7 Å². The molecule has 0 unspecified atom stereocenters. The predicted molar refractivity (Wildman–Crippen MR) is 75.8 cm³/mol. The van der Waals surface area contributed by atoms with E-state index in [4.69, 9.17) is 12.2 Å². The van der Waals surface area contributed by atoms with E-state index >= 15 is 0 Å². The lowest BCUT2D eigenvalue weighted by Gasteiger charge is -2.15. The number of thiocarbonyl (C=S) groups is 1. The molecule has 0 saturated heterocycles. The van der Waals surface area contributed by atoms with Crippen molar-refractivity contribution in [2.45, 2.75) is 6.54 Å². The average molecular weight is 266 g/mol. The summed E-state index contributed by atoms with van der Waals surface area (Å²) in [5.74, 6) is 0. The number of hydrogen-bond acceptors (Lipinski definition) is 4. The Morgan fingerprint density at radius 2 is 2.11 bits per heavy atom. The van der Waals surface area contributed by atoms with Crippen LogP contribution >= 0.6 is 12.2 Å². The lowest BCUT2D eigenvalue weighted by atomic mass is 10.5. The molecular formula is C11H18N6S. The fourth-order valence-corrected chi connectivity index (χ4v) is 1.88. The van der Waals surface area contributed by atoms with E-state index in [1.165, 1.54) is 0 Å². The molecule has 0 aromatic carbocycles. The summed E-state index contributed by atoms with van der Waals surface area (Å²) in [6.07, 6.45) is 7.40. The standard InChI is InChI=1S/C11H18N6S/c18-11(14-3-7-16-5-1-12-9-16)15-4-8-17-6-2-13-10-17/h1,5,9-10H,2-4,6-8H2,(H2,14,15,18). The highest BCUT2D eigenvalue weighted by Crippen LogP contribution is 1.90. The van der Waals surface area contributed by atoms with Crippen molar-refractivity contribution in [2.75, 3.05) is 32.7 Å². The first-order chi connectivity index (χ1) is 8.84. The topological polar surface area (TPSA) is 57.5 Å². The maximum Gasteiger partial charge on any atom is 0.166 e. The molecule has 18 heavy (non-hydrogen) atoms. The lowest BCUT2D eigenvalue weighted by molar-refractivity contribution is 0.468. The summed E-state index contributed by atoms with van der Waals surface area (Å²) in [6.45, 7) is 5.36. The van der Waals surface area contributed by atoms with E-state index in [0.29, 0.717) is 5.11 Å². The normalized spacial score (nSPS) is 13.9. The van der Waals surface area contributed by atoms with Gasteiger partial charge in [-0.2, -0.15) is 0 Å². The van der Waals surface area contributed by atoms with Crippen LogP contribution in [0.4, 0.5) is 0 Å². The molecule has 6 nitrogen and oxygen atoms in total. The van der Waals surface area contributed by atoms with Crippen molar-refractivity contribution < 1.29 is 0 Å². The second kappa shape index (κ2) is 6.95. The maximum absolute atomic E-state index is 5.19. The molecule has 0 spiro atoms. The van der Waals surface area contributed by atoms with Crippen LogP contribution in [0.2, 0.25) is 0 Å². The Labute approximate surface area is 112 Å². The summed E-state index contributed by atoms with van der Waals surface area (Å²) in [6, 6.07) is 0. The van der Waals surface area contributed by atoms with Crippen LogP contribution in [-0.4, -0.2) is 58.6 Å². The first-order valence-electron chi connectivity index (χ1n) is 6.06. The van der Waals surface area contributed by atoms with Gasteiger partial charge in [0.25, 0.3) is 0 Å². The summed E-state index contributed by atoms with van der Waals surface area (Å²) in [7, 11) is 0. The van der Waals surface area contributed by atoms with E-state index in [-0.39, 0.29) is 0 Å². The van der Waals surface area contributed by atoms with Crippen LogP contribution in [0.3, 0.4) is 0 Å². The van der Waals surface area contributed by atoms with E-state index in [9.17, 15) is 0 Å². The first-order valence-corrected chi connectivity index (χ1v) is 6.47. The maximum atomic E-state index is 5.19. The zero-order valence-corrected chi connectivity index (χ0v) is 11.1. The largest absolute Gasteiger partial charge is 0.361 e. The van der Waals surface area contributed by atoms with Gasteiger partial charge in [0.1, 0.15) is 0 Å². The molecule has 2 heterocycles. The summed E-state index contributed by atoms with van der Waals surface area (Å²) in [5.41, 5.74) is 0. The van der Waals surface area contributed by atoms with Gasteiger partial charge in [-0.25, -0.2) is 4.98 Å². The van der Waals surface area contributed by atoms with Gasteiger partial charge in [-0.1, -0.05) is 0 Å². The van der Waals surface area contributed by atoms with Crippen LogP contribution in [0, 0.1) is 0 Å². The van der Waals surface area contributed by atoms with Gasteiger partial charge < -0.3 is 20.1 Å². The fourth-order valence-electron chi connectivity index (χ4n) is 1.68. The van der Waals surface area contributed by atoms with Crippen LogP contribution < -0.4 is 10.6 Å². The smallest absolute Gasteiger partial charge is 0.166 e. The Hall–Kier alpha value is -1.63. The number of imidazole rings is 1. The highest BCUT2D eigenvalue weighted by atomic mass is 32.1. The van der Waals surface area contributed by atoms with Gasteiger partial charge in [-0.05, 0) is 12.2 Å². The summed E-state index contributed by atoms with van der Waals surface area (Å²) >= 11 is 5.19. The molecule has 0 saturated carbocycles. The third kappa shape index (κ3) is 4.33. The Balaban J connectivity index is 1.51. The van der Waals surface area contributed by atoms with Crippen molar-refractivity contribution in [3.8, 4) is 0 Å². The van der Waals surface area contributed by atoms with Gasteiger partial charge in [0.2, 0.25) is 0 Å². The zero-order valence-electron chi connectivity index (χ0n) is 10.2. The molecule has 1 aliphatic rings. The van der Waals surface area contributed by atoms with Gasteiger partial charge in [0.05, 0.1) is 19.2 Å². The van der Waals surface area contributed by atoms with Crippen molar-refractivity contribution in [3.63, 3.8) is 0 Å². The molecule has 0 fully saturated rings. The van der Waals surface area contributed by atoms with E-state index in [1.54, 1.807) is 12.5 Å². The summed E-state index contributed by atoms with van der Waals surface area (Å²) in [4.78, 5) is 10.3. The zero-order chi connectivity index (χ0) is 12.6. The Kier molecular flexibility index (Phi) is 4.95. The molecule has 2 rings (SSSR count). The van der Waals surface area contributed by atoms with Crippen LogP contribution in [0.25, 0.3) is 0 Å². The molecule has 7 heteroatoms. The highest BCUT2D eigenvalue weighted by Gasteiger charge is 2.04. The van der Waals surface area contributed by atoms with Crippen molar-refractivity contribution in [1.29, 1.82) is 0 Å². The molecule has 2 N–H and O–H groups in total. The minimum Gasteiger partial charge on any atom is -0.361 e. The molecule has 1 aliphatic heterocycles. The second-order valence-corrected chi connectivity index (χ2v) is 4.45. The molecular weight excluding hydrogens is 248 g/mol. The number of rotatable bonds is 6. The van der Waals surface area contributed by atoms with E-state index < -0.39 is 0 Å². The monoisotopic (exact) mass is 266 g/mol. The average Bonchev–Trinajstić information content (AvgIpc) is 3.01. The van der Waals surface area contributed by atoms with Gasteiger partial charge >= 0.3 is 0 Å². The Morgan fingerprint density at radius 1 is 1.28 bits per heavy atom. The van der Waals surface area contributed by atoms with Crippen molar-refractivity contribution in [2.24, 2.45) is 4.99 Å². The van der Waals surface area contributed by atoms with Crippen molar-refractivity contribution >= 4 is 23.7 Å². The number of nitrogens with one attached hydrogen (secondary N) is 2. The third-order valence-electron chi connectivity index (χ3n) is 2.66. The molecule has 1 aromatic rings. The van der Waals surface area contributed by atoms with Crippen LogP contribution in [0.1, 0.15) is 0 Å². The fraction of sp³-hybridized carbons (Fsp3) is 0.545. The van der Waals surface area contributed by atoms with Crippen LogP contribution in [0.15, 0.2) is 23.7 Å². The SMILES string of the molecule is S=C(NCCN1C=NCC1)NCCn1ccnc1. The van der Waals surface area contributed by atoms with Gasteiger partial charge in [-0.3, -0.25) is 4.99 Å². The molecule has 0 atom stereocenters. The minimum atomic E-state index is 0.700. The highest BCUT2D eigenvalue weighted by molar-refractivity contribution is 7.80. The minimum absolute atomic E-state index is 0.700. The van der Waals surface area contributed by atoms with Crippen molar-refractivity contribution in [1.82, 2.24) is 25.1 Å². The predicted octanol–water partition coefficient (Wildman–Crippen LogP) is -0.309. The number of aliphatic imine (C=N–C) groups is 1. The third-order valence-corrected chi connectivity index (χ3v) is 2.95. The molecule has 0 radical (unpaired) electrons. The molecule has 98 valence electrons. The Bertz CT molecular complexity index is 388. The van der Waals surface area contributed by atoms with Gasteiger partial charge in [0, 0.05) is 45.1 Å². The summed E-state index contributed by atoms with van der Waals surface area (Å²) < 4.78 is 2.01. The second-order valence-electron chi connectivity index (χ2n) is 4.04. The molecule has 0 amide bonds. The first kappa shape index (κ1) is 12.8. The van der Waals surface area contributed by atoms with E-state index in [0.717, 1.165) is 39.3 Å². The number of aromatic nitrogens is 2. The van der Waals surface area contributed by atoms with E-state index in [1.807, 2.05) is 17.1 Å². The number of hydrogen-bond donors (Lipinski definition) is 2. The number of nitrogens with zero attached hydrogens (tertiary/aromatic N) is 4. The quantitative estimate of drug-likeness (QED) is 0.692. The van der Waals surface area contributed by atoms with E-state index in [2.05, 4.69) is 25.5 Å². The molecule has 0 aliphatic carbocycles. The Morgan fingerprint density at radius 3 is 2.78 bits per heavy atom. The lowest BCUT2D eigenvalue weighted by Crippen LogP contribution is -2.40. The summed E-state index contributed by atoms with van der Waals surface area (Å²) in [5, 5.41) is 7.05. The van der Waals surface area contributed by atoms with Crippen LogP contribution in [-0.2, 0) is 6.54 Å². The molecule has 0 bridgehead atoms.